The summed E-state index contributed by atoms with van der Waals surface area (Å²) in [6.45, 7) is 0. The average molecular weight is 328 g/mol. The number of imidazole rings is 1. The summed E-state index contributed by atoms with van der Waals surface area (Å²) in [5, 5.41) is 10.1. The van der Waals surface area contributed by atoms with Gasteiger partial charge in [-0.15, -0.1) is 0 Å². The Kier molecular flexibility index (Phi) is 3.96. The summed E-state index contributed by atoms with van der Waals surface area (Å²) in [6, 6.07) is 18.8. The second-order valence-corrected chi connectivity index (χ2v) is 5.65. The Labute approximate surface area is 145 Å². The number of hydrogen-bond donors (Lipinski definition) is 2. The maximum atomic E-state index is 10.1. The van der Waals surface area contributed by atoms with E-state index in [0.717, 1.165) is 17.1 Å². The lowest BCUT2D eigenvalue weighted by Crippen LogP contribution is -2.07. The van der Waals surface area contributed by atoms with Crippen LogP contribution in [-0.4, -0.2) is 25.0 Å². The quantitative estimate of drug-likeness (QED) is 0.598. The molecule has 0 saturated carbocycles. The van der Waals surface area contributed by atoms with E-state index in [4.69, 9.17) is 0 Å². The van der Waals surface area contributed by atoms with E-state index in [2.05, 4.69) is 19.9 Å². The van der Waals surface area contributed by atoms with Crippen LogP contribution in [0.2, 0.25) is 0 Å². The van der Waals surface area contributed by atoms with Gasteiger partial charge < -0.3 is 10.1 Å². The molecule has 0 unspecified atom stereocenters. The van der Waals surface area contributed by atoms with Crippen molar-refractivity contribution in [3.63, 3.8) is 0 Å². The number of pyridine rings is 2. The van der Waals surface area contributed by atoms with Crippen LogP contribution < -0.4 is 0 Å². The summed E-state index contributed by atoms with van der Waals surface area (Å²) < 4.78 is 0. The van der Waals surface area contributed by atoms with E-state index in [1.54, 1.807) is 30.7 Å². The zero-order valence-corrected chi connectivity index (χ0v) is 13.4. The van der Waals surface area contributed by atoms with E-state index in [9.17, 15) is 5.11 Å². The van der Waals surface area contributed by atoms with Gasteiger partial charge in [-0.3, -0.25) is 9.97 Å². The molecule has 0 amide bonds. The molecule has 0 radical (unpaired) electrons. The molecule has 122 valence electrons. The van der Waals surface area contributed by atoms with Crippen LogP contribution in [0, 0.1) is 0 Å². The van der Waals surface area contributed by atoms with Gasteiger partial charge >= 0.3 is 0 Å². The van der Waals surface area contributed by atoms with Gasteiger partial charge in [-0.05, 0) is 36.4 Å². The highest BCUT2D eigenvalue weighted by atomic mass is 16.3. The molecule has 5 nitrogen and oxygen atoms in total. The first kappa shape index (κ1) is 15.1. The van der Waals surface area contributed by atoms with Crippen LogP contribution in [0.3, 0.4) is 0 Å². The van der Waals surface area contributed by atoms with E-state index in [-0.39, 0.29) is 11.7 Å². The highest BCUT2D eigenvalue weighted by Gasteiger charge is 2.22. The molecule has 1 aromatic carbocycles. The second-order valence-electron chi connectivity index (χ2n) is 5.65. The summed E-state index contributed by atoms with van der Waals surface area (Å²) in [5.74, 6) is 0.648. The van der Waals surface area contributed by atoms with Gasteiger partial charge in [-0.2, -0.15) is 0 Å². The van der Waals surface area contributed by atoms with Crippen molar-refractivity contribution < 1.29 is 5.11 Å². The fourth-order valence-electron chi connectivity index (χ4n) is 2.86. The molecule has 0 spiro atoms. The standard InChI is InChI=1S/C20H16N4O/c25-18-10-2-1-7-14(18)20-23-13-17(24-20)19(15-8-3-5-11-21-15)16-9-4-6-12-22-16/h1-13,19,25H,(H,23,24). The molecule has 0 saturated heterocycles. The third kappa shape index (κ3) is 2.99. The van der Waals surface area contributed by atoms with Gasteiger partial charge in [0.15, 0.2) is 0 Å². The molecule has 0 atom stereocenters. The fraction of sp³-hybridized carbons (Fsp3) is 0.0500. The Hall–Kier alpha value is -3.47. The van der Waals surface area contributed by atoms with E-state index in [1.165, 1.54) is 0 Å². The maximum Gasteiger partial charge on any atom is 0.141 e. The summed E-state index contributed by atoms with van der Waals surface area (Å²) >= 11 is 0. The van der Waals surface area contributed by atoms with Crippen molar-refractivity contribution in [3.05, 3.63) is 96.3 Å². The van der Waals surface area contributed by atoms with Crippen LogP contribution in [-0.2, 0) is 0 Å². The number of benzene rings is 1. The summed E-state index contributed by atoms with van der Waals surface area (Å²) in [7, 11) is 0. The van der Waals surface area contributed by atoms with E-state index in [0.29, 0.717) is 11.4 Å². The van der Waals surface area contributed by atoms with Gasteiger partial charge in [0, 0.05) is 18.6 Å². The number of rotatable bonds is 4. The number of nitrogens with zero attached hydrogens (tertiary/aromatic N) is 3. The molecule has 0 aliphatic carbocycles. The molecule has 0 aliphatic rings. The Balaban J connectivity index is 1.80. The lowest BCUT2D eigenvalue weighted by atomic mass is 9.97. The predicted octanol–water partition coefficient (Wildman–Crippen LogP) is 3.75. The van der Waals surface area contributed by atoms with Crippen LogP contribution in [0.25, 0.3) is 11.4 Å². The predicted molar refractivity (Wildman–Crippen MR) is 95.1 cm³/mol. The fourth-order valence-corrected chi connectivity index (χ4v) is 2.86. The molecule has 0 fully saturated rings. The number of H-pyrrole nitrogens is 1. The van der Waals surface area contributed by atoms with Crippen molar-refractivity contribution in [3.8, 4) is 17.1 Å². The van der Waals surface area contributed by atoms with Gasteiger partial charge in [0.05, 0.1) is 28.6 Å². The first-order chi connectivity index (χ1) is 12.3. The molecule has 4 aromatic rings. The van der Waals surface area contributed by atoms with Crippen molar-refractivity contribution in [2.75, 3.05) is 0 Å². The minimum absolute atomic E-state index is 0.158. The molecular weight excluding hydrogens is 312 g/mol. The number of hydrogen-bond acceptors (Lipinski definition) is 4. The normalized spacial score (nSPS) is 10.9. The van der Waals surface area contributed by atoms with Gasteiger partial charge in [0.25, 0.3) is 0 Å². The highest BCUT2D eigenvalue weighted by Crippen LogP contribution is 2.31. The lowest BCUT2D eigenvalue weighted by molar-refractivity contribution is 0.477. The third-order valence-corrected chi connectivity index (χ3v) is 4.03. The van der Waals surface area contributed by atoms with Crippen LogP contribution in [0.5, 0.6) is 5.75 Å². The minimum atomic E-state index is -0.158. The lowest BCUT2D eigenvalue weighted by Gasteiger charge is -2.14. The topological polar surface area (TPSA) is 74.7 Å². The number of para-hydroxylation sites is 1. The zero-order chi connectivity index (χ0) is 17.1. The number of phenols is 1. The average Bonchev–Trinajstić information content (AvgIpc) is 3.13. The zero-order valence-electron chi connectivity index (χ0n) is 13.4. The van der Waals surface area contributed by atoms with Crippen molar-refractivity contribution in [2.24, 2.45) is 0 Å². The number of nitrogens with one attached hydrogen (secondary N) is 1. The van der Waals surface area contributed by atoms with E-state index in [1.807, 2.05) is 48.5 Å². The molecule has 25 heavy (non-hydrogen) atoms. The highest BCUT2D eigenvalue weighted by molar-refractivity contribution is 5.63. The van der Waals surface area contributed by atoms with Gasteiger partial charge in [0.2, 0.25) is 0 Å². The number of aromatic hydroxyl groups is 1. The Morgan fingerprint density at radius 3 is 2.00 bits per heavy atom. The molecule has 4 rings (SSSR count). The van der Waals surface area contributed by atoms with Crippen molar-refractivity contribution in [1.82, 2.24) is 19.9 Å². The van der Waals surface area contributed by atoms with Gasteiger partial charge in [-0.25, -0.2) is 4.98 Å². The van der Waals surface area contributed by atoms with E-state index >= 15 is 0 Å². The molecule has 5 heteroatoms. The van der Waals surface area contributed by atoms with Crippen LogP contribution in [0.1, 0.15) is 23.0 Å². The van der Waals surface area contributed by atoms with Crippen LogP contribution >= 0.6 is 0 Å². The molecular formula is C20H16N4O. The smallest absolute Gasteiger partial charge is 0.141 e. The first-order valence-electron chi connectivity index (χ1n) is 7.98. The van der Waals surface area contributed by atoms with Crippen molar-refractivity contribution >= 4 is 0 Å². The van der Waals surface area contributed by atoms with Crippen LogP contribution in [0.15, 0.2) is 79.3 Å². The number of phenolic OH excluding ortho intramolecular Hbond substituents is 1. The monoisotopic (exact) mass is 328 g/mol. The van der Waals surface area contributed by atoms with Gasteiger partial charge in [0.1, 0.15) is 11.6 Å². The van der Waals surface area contributed by atoms with Gasteiger partial charge in [-0.1, -0.05) is 24.3 Å². The molecule has 2 N–H and O–H groups in total. The molecule has 3 heterocycles. The minimum Gasteiger partial charge on any atom is -0.507 e. The maximum absolute atomic E-state index is 10.1. The summed E-state index contributed by atoms with van der Waals surface area (Å²) in [4.78, 5) is 16.8. The Morgan fingerprint density at radius 1 is 0.760 bits per heavy atom. The third-order valence-electron chi connectivity index (χ3n) is 4.03. The Bertz CT molecular complexity index is 928. The molecule has 0 aliphatic heterocycles. The molecule has 3 aromatic heterocycles. The summed E-state index contributed by atoms with van der Waals surface area (Å²) in [6.07, 6.45) is 5.31. The van der Waals surface area contributed by atoms with Crippen LogP contribution in [0.4, 0.5) is 0 Å². The number of aromatic amines is 1. The summed E-state index contributed by atoms with van der Waals surface area (Å²) in [5.41, 5.74) is 3.30. The molecule has 0 bridgehead atoms. The number of aromatic nitrogens is 4. The van der Waals surface area contributed by atoms with Crippen molar-refractivity contribution in [2.45, 2.75) is 5.92 Å². The Morgan fingerprint density at radius 2 is 1.40 bits per heavy atom. The largest absolute Gasteiger partial charge is 0.507 e. The van der Waals surface area contributed by atoms with E-state index < -0.39 is 0 Å². The van der Waals surface area contributed by atoms with Crippen molar-refractivity contribution in [1.29, 1.82) is 0 Å². The first-order valence-corrected chi connectivity index (χ1v) is 7.98. The SMILES string of the molecule is Oc1ccccc1-c1ncc(C(c2ccccn2)c2ccccn2)[nH]1. The second kappa shape index (κ2) is 6.57.